The van der Waals surface area contributed by atoms with Crippen LogP contribution in [0.5, 0.6) is 5.75 Å². The number of fused-ring (bicyclic) bond motifs is 1. The summed E-state index contributed by atoms with van der Waals surface area (Å²) in [6.45, 7) is 2.16. The Bertz CT molecular complexity index is 1300. The van der Waals surface area contributed by atoms with Gasteiger partial charge in [-0.2, -0.15) is 0 Å². The molecule has 0 radical (unpaired) electrons. The first kappa shape index (κ1) is 23.5. The lowest BCUT2D eigenvalue weighted by Gasteiger charge is -2.32. The van der Waals surface area contributed by atoms with Crippen LogP contribution in [0.15, 0.2) is 35.1 Å². The third kappa shape index (κ3) is 4.05. The van der Waals surface area contributed by atoms with Crippen molar-refractivity contribution in [3.05, 3.63) is 57.9 Å². The van der Waals surface area contributed by atoms with E-state index in [1.54, 1.807) is 18.0 Å². The molecule has 2 amide bonds. The van der Waals surface area contributed by atoms with Crippen molar-refractivity contribution in [3.63, 3.8) is 0 Å². The van der Waals surface area contributed by atoms with Gasteiger partial charge in [0.1, 0.15) is 23.5 Å². The maximum absolute atomic E-state index is 13.4. The molecule has 4 rings (SSSR count). The molecule has 1 aromatic carbocycles. The zero-order chi connectivity index (χ0) is 24.6. The van der Waals surface area contributed by atoms with E-state index in [9.17, 15) is 23.9 Å². The van der Waals surface area contributed by atoms with Gasteiger partial charge in [0.2, 0.25) is 5.91 Å². The molecule has 180 valence electrons. The summed E-state index contributed by atoms with van der Waals surface area (Å²) in [6, 6.07) is 7.03. The number of aromatic hydroxyl groups is 1. The third-order valence-electron chi connectivity index (χ3n) is 6.40. The van der Waals surface area contributed by atoms with E-state index >= 15 is 0 Å². The Morgan fingerprint density at radius 3 is 2.41 bits per heavy atom. The van der Waals surface area contributed by atoms with Crippen LogP contribution in [-0.4, -0.2) is 61.8 Å². The van der Waals surface area contributed by atoms with Crippen LogP contribution in [0, 0.1) is 5.82 Å². The highest BCUT2D eigenvalue weighted by atomic mass is 19.1. The van der Waals surface area contributed by atoms with Gasteiger partial charge in [0.15, 0.2) is 5.75 Å². The first-order valence-corrected chi connectivity index (χ1v) is 11.2. The number of amides is 2. The van der Waals surface area contributed by atoms with Crippen molar-refractivity contribution in [1.29, 1.82) is 0 Å². The highest BCUT2D eigenvalue weighted by molar-refractivity contribution is 6.04. The number of carbonyl (C=O) groups is 2. The van der Waals surface area contributed by atoms with Crippen LogP contribution in [0.2, 0.25) is 0 Å². The van der Waals surface area contributed by atoms with Crippen LogP contribution < -0.4 is 10.9 Å². The van der Waals surface area contributed by atoms with Gasteiger partial charge in [0.05, 0.1) is 5.52 Å². The highest BCUT2D eigenvalue weighted by Crippen LogP contribution is 2.31. The zero-order valence-corrected chi connectivity index (χ0v) is 19.0. The summed E-state index contributed by atoms with van der Waals surface area (Å²) in [5, 5.41) is 22.8. The number of aromatic nitrogens is 2. The molecule has 0 spiro atoms. The first-order chi connectivity index (χ1) is 16.3. The summed E-state index contributed by atoms with van der Waals surface area (Å²) in [5.41, 5.74) is 1.01. The topological polar surface area (TPSA) is 117 Å². The van der Waals surface area contributed by atoms with Crippen LogP contribution in [0.25, 0.3) is 16.6 Å². The lowest BCUT2D eigenvalue weighted by atomic mass is 10.0. The average Bonchev–Trinajstić information content (AvgIpc) is 3.09. The monoisotopic (exact) mass is 470 g/mol. The number of pyridine rings is 1. The maximum Gasteiger partial charge on any atom is 0.272 e. The largest absolute Gasteiger partial charge is 0.505 e. The van der Waals surface area contributed by atoms with Gasteiger partial charge in [-0.15, -0.1) is 0 Å². The summed E-state index contributed by atoms with van der Waals surface area (Å²) in [4.78, 5) is 39.7. The van der Waals surface area contributed by atoms with Crippen molar-refractivity contribution in [3.8, 4) is 11.4 Å². The van der Waals surface area contributed by atoms with Crippen molar-refractivity contribution in [2.75, 3.05) is 19.7 Å². The molecule has 34 heavy (non-hydrogen) atoms. The predicted molar refractivity (Wildman–Crippen MR) is 124 cm³/mol. The van der Waals surface area contributed by atoms with Crippen LogP contribution in [0.1, 0.15) is 35.9 Å². The molecule has 9 nitrogen and oxygen atoms in total. The Labute approximate surface area is 195 Å². The number of aliphatic hydroxyl groups is 1. The fraction of sp³-hybridized carbons (Fsp3) is 0.375. The molecule has 0 unspecified atom stereocenters. The van der Waals surface area contributed by atoms with Crippen molar-refractivity contribution in [2.24, 2.45) is 7.05 Å². The van der Waals surface area contributed by atoms with Gasteiger partial charge in [-0.1, -0.05) is 6.92 Å². The Balaban J connectivity index is 1.69. The van der Waals surface area contributed by atoms with Crippen molar-refractivity contribution >= 4 is 22.7 Å². The van der Waals surface area contributed by atoms with E-state index in [0.717, 1.165) is 0 Å². The molecule has 1 aliphatic rings. The summed E-state index contributed by atoms with van der Waals surface area (Å²) >= 11 is 0. The molecule has 2 aromatic heterocycles. The molecule has 0 aliphatic carbocycles. The number of benzene rings is 1. The summed E-state index contributed by atoms with van der Waals surface area (Å²) in [5.74, 6) is -1.70. The number of piperidine rings is 1. The number of rotatable bonds is 5. The maximum atomic E-state index is 13.4. The molecule has 0 saturated carbocycles. The molecular weight excluding hydrogens is 443 g/mol. The highest BCUT2D eigenvalue weighted by Gasteiger charge is 2.28. The Morgan fingerprint density at radius 1 is 1.18 bits per heavy atom. The van der Waals surface area contributed by atoms with Gasteiger partial charge in [-0.05, 0) is 49.6 Å². The first-order valence-electron chi connectivity index (χ1n) is 11.2. The lowest BCUT2D eigenvalue weighted by Crippen LogP contribution is -2.47. The van der Waals surface area contributed by atoms with Crippen LogP contribution >= 0.6 is 0 Å². The number of halogens is 1. The number of likely N-dealkylation sites (tertiary alicyclic amines) is 1. The quantitative estimate of drug-likeness (QED) is 0.522. The number of hydrogen-bond acceptors (Lipinski definition) is 5. The second-order valence-corrected chi connectivity index (χ2v) is 8.41. The van der Waals surface area contributed by atoms with E-state index in [1.165, 1.54) is 33.4 Å². The molecular formula is C24H27FN4O5. The van der Waals surface area contributed by atoms with E-state index in [2.05, 4.69) is 5.32 Å². The summed E-state index contributed by atoms with van der Waals surface area (Å²) in [7, 11) is 1.61. The van der Waals surface area contributed by atoms with Gasteiger partial charge >= 0.3 is 0 Å². The molecule has 3 heterocycles. The third-order valence-corrected chi connectivity index (χ3v) is 6.40. The second-order valence-electron chi connectivity index (χ2n) is 8.41. The Kier molecular flexibility index (Phi) is 6.43. The van der Waals surface area contributed by atoms with Crippen LogP contribution in [-0.2, 0) is 18.3 Å². The zero-order valence-electron chi connectivity index (χ0n) is 19.0. The van der Waals surface area contributed by atoms with Crippen molar-refractivity contribution in [1.82, 2.24) is 19.4 Å². The van der Waals surface area contributed by atoms with Gasteiger partial charge in [0.25, 0.3) is 11.5 Å². The lowest BCUT2D eigenvalue weighted by molar-refractivity contribution is -0.135. The number of carbonyl (C=O) groups excluding carboxylic acids is 2. The Hall–Kier alpha value is -3.66. The smallest absolute Gasteiger partial charge is 0.272 e. The minimum absolute atomic E-state index is 0.0116. The molecule has 3 aromatic rings. The van der Waals surface area contributed by atoms with Crippen LogP contribution in [0.4, 0.5) is 4.39 Å². The molecule has 1 saturated heterocycles. The standard InChI is InChI=1S/C24H27FN4O5/c1-3-16-12-18-20(24(34)29(16)17-6-4-14(25)5-7-17)22(32)21(27(18)2)23(33)26-15-8-10-28(11-9-15)19(31)13-30/h4-7,12,15,30,32H,3,8-11,13H2,1-2H3,(H,26,33). The summed E-state index contributed by atoms with van der Waals surface area (Å²) < 4.78 is 16.3. The van der Waals surface area contributed by atoms with Crippen molar-refractivity contribution in [2.45, 2.75) is 32.2 Å². The SMILES string of the molecule is CCc1cc2c(c(O)c(C(=O)NC3CCN(C(=O)CO)CC3)n2C)c(=O)n1-c1ccc(F)cc1. The fourth-order valence-electron chi connectivity index (χ4n) is 4.55. The van der Waals surface area contributed by atoms with E-state index in [1.807, 2.05) is 6.92 Å². The van der Waals surface area contributed by atoms with E-state index in [-0.39, 0.29) is 23.0 Å². The van der Waals surface area contributed by atoms with E-state index in [4.69, 9.17) is 5.11 Å². The normalized spacial score (nSPS) is 14.5. The van der Waals surface area contributed by atoms with E-state index < -0.39 is 29.6 Å². The minimum Gasteiger partial charge on any atom is -0.505 e. The second kappa shape index (κ2) is 9.30. The van der Waals surface area contributed by atoms with Gasteiger partial charge in [0, 0.05) is 37.6 Å². The number of aliphatic hydroxyl groups excluding tert-OH is 1. The molecule has 1 fully saturated rings. The number of nitrogens with one attached hydrogen (secondary N) is 1. The number of aryl methyl sites for hydroxylation is 2. The number of nitrogens with zero attached hydrogens (tertiary/aromatic N) is 3. The molecule has 0 bridgehead atoms. The van der Waals surface area contributed by atoms with Crippen LogP contribution in [0.3, 0.4) is 0 Å². The molecule has 1 aliphatic heterocycles. The molecule has 0 atom stereocenters. The molecule has 3 N–H and O–H groups in total. The van der Waals surface area contributed by atoms with Crippen molar-refractivity contribution < 1.29 is 24.2 Å². The van der Waals surface area contributed by atoms with Gasteiger partial charge in [-0.25, -0.2) is 4.39 Å². The fourth-order valence-corrected chi connectivity index (χ4v) is 4.55. The van der Waals surface area contributed by atoms with Gasteiger partial charge in [-0.3, -0.25) is 19.0 Å². The molecule has 10 heteroatoms. The number of hydrogen-bond donors (Lipinski definition) is 3. The van der Waals surface area contributed by atoms with E-state index in [0.29, 0.717) is 49.2 Å². The average molecular weight is 471 g/mol. The summed E-state index contributed by atoms with van der Waals surface area (Å²) in [6.07, 6.45) is 1.53. The van der Waals surface area contributed by atoms with Gasteiger partial charge < -0.3 is 25.0 Å². The minimum atomic E-state index is -0.546. The predicted octanol–water partition coefficient (Wildman–Crippen LogP) is 1.45. The Morgan fingerprint density at radius 2 is 1.82 bits per heavy atom.